The summed E-state index contributed by atoms with van der Waals surface area (Å²) in [6.07, 6.45) is 4.60. The van der Waals surface area contributed by atoms with Gasteiger partial charge in [-0.2, -0.15) is 0 Å². The number of thiazole rings is 1. The second-order valence-corrected chi connectivity index (χ2v) is 8.72. The number of rotatable bonds is 6. The highest BCUT2D eigenvalue weighted by Crippen LogP contribution is 2.33. The van der Waals surface area contributed by atoms with Gasteiger partial charge in [-0.1, -0.05) is 27.7 Å². The van der Waals surface area contributed by atoms with E-state index in [1.54, 1.807) is 11.3 Å². The Labute approximate surface area is 179 Å². The first kappa shape index (κ1) is 23.6. The molecule has 2 atom stereocenters. The number of halogens is 1. The van der Waals surface area contributed by atoms with Crippen LogP contribution in [-0.4, -0.2) is 43.8 Å². The molecule has 0 saturated carbocycles. The molecule has 5 nitrogen and oxygen atoms in total. The van der Waals surface area contributed by atoms with Gasteiger partial charge in [0.1, 0.15) is 0 Å². The lowest BCUT2D eigenvalue weighted by atomic mass is 9.78. The van der Waals surface area contributed by atoms with Crippen LogP contribution in [0.2, 0.25) is 0 Å². The van der Waals surface area contributed by atoms with E-state index in [2.05, 4.69) is 53.7 Å². The molecule has 26 heavy (non-hydrogen) atoms. The van der Waals surface area contributed by atoms with E-state index < -0.39 is 0 Å². The van der Waals surface area contributed by atoms with E-state index in [9.17, 15) is 0 Å². The first-order chi connectivity index (χ1) is 11.9. The Hall–Kier alpha value is -0.410. The molecule has 1 aliphatic rings. The largest absolute Gasteiger partial charge is 0.377 e. The minimum Gasteiger partial charge on any atom is -0.377 e. The highest BCUT2D eigenvalue weighted by Gasteiger charge is 2.35. The van der Waals surface area contributed by atoms with Crippen molar-refractivity contribution in [2.45, 2.75) is 59.5 Å². The molecule has 0 bridgehead atoms. The fourth-order valence-corrected chi connectivity index (χ4v) is 4.17. The fourth-order valence-electron chi connectivity index (χ4n) is 3.39. The van der Waals surface area contributed by atoms with E-state index in [4.69, 9.17) is 4.74 Å². The third kappa shape index (κ3) is 7.31. The Morgan fingerprint density at radius 2 is 2.15 bits per heavy atom. The summed E-state index contributed by atoms with van der Waals surface area (Å²) in [5.74, 6) is 1.39. The van der Waals surface area contributed by atoms with Gasteiger partial charge in [0.25, 0.3) is 0 Å². The zero-order chi connectivity index (χ0) is 18.3. The second-order valence-electron chi connectivity index (χ2n) is 7.78. The van der Waals surface area contributed by atoms with E-state index in [1.165, 1.54) is 17.1 Å². The summed E-state index contributed by atoms with van der Waals surface area (Å²) in [7, 11) is 1.83. The third-order valence-electron chi connectivity index (χ3n) is 4.63. The maximum atomic E-state index is 6.07. The highest BCUT2D eigenvalue weighted by molar-refractivity contribution is 14.0. The lowest BCUT2D eigenvalue weighted by Crippen LogP contribution is -2.47. The number of nitrogens with zero attached hydrogens (tertiary/aromatic N) is 2. The zero-order valence-electron chi connectivity index (χ0n) is 16.8. The summed E-state index contributed by atoms with van der Waals surface area (Å²) in [6.45, 7) is 11.6. The van der Waals surface area contributed by atoms with E-state index >= 15 is 0 Å². The van der Waals surface area contributed by atoms with Gasteiger partial charge < -0.3 is 15.4 Å². The number of guanidine groups is 1. The number of aryl methyl sites for hydroxylation is 1. The standard InChI is InChI=1S/C19H34N4OS.HI/c1-6-16-23-15(13-25-16)9-10-21-18(20-5)22-12-14-8-7-11-24-17(14)19(2,3)4;/h13-14,17H,6-12H2,1-5H3,(H2,20,21,22);1H. The van der Waals surface area contributed by atoms with Crippen LogP contribution in [0.4, 0.5) is 0 Å². The number of hydrogen-bond donors (Lipinski definition) is 2. The average Bonchev–Trinajstić information content (AvgIpc) is 3.05. The maximum Gasteiger partial charge on any atom is 0.191 e. The number of ether oxygens (including phenoxy) is 1. The van der Waals surface area contributed by atoms with Crippen molar-refractivity contribution in [3.63, 3.8) is 0 Å². The summed E-state index contributed by atoms with van der Waals surface area (Å²) in [4.78, 5) is 8.96. The van der Waals surface area contributed by atoms with E-state index in [0.717, 1.165) is 44.9 Å². The molecule has 150 valence electrons. The Kier molecular flexibility index (Phi) is 10.4. The molecule has 0 spiro atoms. The lowest BCUT2D eigenvalue weighted by Gasteiger charge is -2.40. The topological polar surface area (TPSA) is 58.5 Å². The minimum absolute atomic E-state index is 0. The van der Waals surface area contributed by atoms with Crippen LogP contribution in [0.15, 0.2) is 10.4 Å². The molecule has 0 amide bonds. The molecule has 2 heterocycles. The molecule has 2 rings (SSSR count). The molecule has 7 heteroatoms. The second kappa shape index (κ2) is 11.4. The van der Waals surface area contributed by atoms with Crippen molar-refractivity contribution in [3.05, 3.63) is 16.1 Å². The van der Waals surface area contributed by atoms with Gasteiger partial charge in [0.05, 0.1) is 16.8 Å². The normalized spacial score (nSPS) is 21.2. The predicted octanol–water partition coefficient (Wildman–Crippen LogP) is 3.87. The predicted molar refractivity (Wildman–Crippen MR) is 122 cm³/mol. The lowest BCUT2D eigenvalue weighted by molar-refractivity contribution is -0.0835. The monoisotopic (exact) mass is 494 g/mol. The van der Waals surface area contributed by atoms with Gasteiger partial charge in [-0.3, -0.25) is 4.99 Å². The number of hydrogen-bond acceptors (Lipinski definition) is 4. The molecule has 0 aromatic carbocycles. The molecular weight excluding hydrogens is 459 g/mol. The van der Waals surface area contributed by atoms with Gasteiger partial charge in [-0.25, -0.2) is 4.98 Å². The molecular formula is C19H35IN4OS. The van der Waals surface area contributed by atoms with Crippen LogP contribution in [0.25, 0.3) is 0 Å². The van der Waals surface area contributed by atoms with Crippen molar-refractivity contribution in [1.29, 1.82) is 0 Å². The van der Waals surface area contributed by atoms with Crippen LogP contribution in [0, 0.1) is 11.3 Å². The van der Waals surface area contributed by atoms with Gasteiger partial charge in [0.2, 0.25) is 0 Å². The summed E-state index contributed by atoms with van der Waals surface area (Å²) in [5.41, 5.74) is 1.34. The van der Waals surface area contributed by atoms with Crippen molar-refractivity contribution in [2.24, 2.45) is 16.3 Å². The average molecular weight is 494 g/mol. The highest BCUT2D eigenvalue weighted by atomic mass is 127. The van der Waals surface area contributed by atoms with E-state index in [0.29, 0.717) is 12.0 Å². The molecule has 2 N–H and O–H groups in total. The maximum absolute atomic E-state index is 6.07. The SMILES string of the molecule is CCc1nc(CCNC(=NC)NCC2CCCOC2C(C)(C)C)cs1.I. The third-order valence-corrected chi connectivity index (χ3v) is 5.67. The minimum atomic E-state index is 0. The summed E-state index contributed by atoms with van der Waals surface area (Å²) in [5, 5.41) is 10.3. The van der Waals surface area contributed by atoms with Gasteiger partial charge >= 0.3 is 0 Å². The quantitative estimate of drug-likeness (QED) is 0.358. The van der Waals surface area contributed by atoms with Crippen molar-refractivity contribution in [1.82, 2.24) is 15.6 Å². The summed E-state index contributed by atoms with van der Waals surface area (Å²) in [6, 6.07) is 0. The Balaban J connectivity index is 0.00000338. The molecule has 2 unspecified atom stereocenters. The van der Waals surface area contributed by atoms with Gasteiger partial charge in [-0.15, -0.1) is 35.3 Å². The molecule has 1 aromatic rings. The smallest absolute Gasteiger partial charge is 0.191 e. The Bertz CT molecular complexity index is 556. The fraction of sp³-hybridized carbons (Fsp3) is 0.789. The van der Waals surface area contributed by atoms with E-state index in [1.807, 2.05) is 7.05 Å². The number of aliphatic imine (C=N–C) groups is 1. The van der Waals surface area contributed by atoms with Gasteiger partial charge in [0, 0.05) is 44.5 Å². The molecule has 0 aliphatic carbocycles. The van der Waals surface area contributed by atoms with Crippen molar-refractivity contribution in [2.75, 3.05) is 26.7 Å². The van der Waals surface area contributed by atoms with Crippen LogP contribution in [0.1, 0.15) is 51.2 Å². The van der Waals surface area contributed by atoms with Gasteiger partial charge in [0.15, 0.2) is 5.96 Å². The number of nitrogens with one attached hydrogen (secondary N) is 2. The molecule has 1 aromatic heterocycles. The summed E-state index contributed by atoms with van der Waals surface area (Å²) >= 11 is 1.75. The van der Waals surface area contributed by atoms with E-state index in [-0.39, 0.29) is 29.4 Å². The van der Waals surface area contributed by atoms with Crippen LogP contribution < -0.4 is 10.6 Å². The Morgan fingerprint density at radius 3 is 2.77 bits per heavy atom. The first-order valence-corrected chi connectivity index (χ1v) is 10.3. The first-order valence-electron chi connectivity index (χ1n) is 9.43. The van der Waals surface area contributed by atoms with Crippen LogP contribution in [-0.2, 0) is 17.6 Å². The molecule has 0 radical (unpaired) electrons. The van der Waals surface area contributed by atoms with Crippen LogP contribution in [0.3, 0.4) is 0 Å². The summed E-state index contributed by atoms with van der Waals surface area (Å²) < 4.78 is 6.07. The van der Waals surface area contributed by atoms with Crippen LogP contribution in [0.5, 0.6) is 0 Å². The molecule has 1 fully saturated rings. The Morgan fingerprint density at radius 1 is 1.38 bits per heavy atom. The zero-order valence-corrected chi connectivity index (χ0v) is 19.9. The molecule has 1 aliphatic heterocycles. The number of aromatic nitrogens is 1. The molecule has 1 saturated heterocycles. The van der Waals surface area contributed by atoms with Gasteiger partial charge in [-0.05, 0) is 24.7 Å². The van der Waals surface area contributed by atoms with Crippen molar-refractivity contribution >= 4 is 41.3 Å². The van der Waals surface area contributed by atoms with Crippen LogP contribution >= 0.6 is 35.3 Å². The van der Waals surface area contributed by atoms with Crippen molar-refractivity contribution in [3.8, 4) is 0 Å². The van der Waals surface area contributed by atoms with Crippen molar-refractivity contribution < 1.29 is 4.74 Å².